The monoisotopic (exact) mass is 643 g/mol. The topological polar surface area (TPSA) is 137 Å². The average Bonchev–Trinajstić information content (AvgIpc) is 3.31. The number of nitrogens with zero attached hydrogens (tertiary/aromatic N) is 2. The molecule has 236 valence electrons. The lowest BCUT2D eigenvalue weighted by Gasteiger charge is -2.25. The molecule has 0 fully saturated rings. The quantitative estimate of drug-likeness (QED) is 0.0413. The van der Waals surface area contributed by atoms with Gasteiger partial charge < -0.3 is 10.0 Å². The molecule has 0 saturated heterocycles. The zero-order valence-corrected chi connectivity index (χ0v) is 27.1. The third-order valence-electron chi connectivity index (χ3n) is 8.28. The van der Waals surface area contributed by atoms with Crippen molar-refractivity contribution in [2.45, 2.75) is 63.2 Å². The molecule has 2 aliphatic heterocycles. The Morgan fingerprint density at radius 3 is 2.43 bits per heavy atom. The highest BCUT2D eigenvalue weighted by Gasteiger charge is 2.44. The van der Waals surface area contributed by atoms with Crippen LogP contribution in [-0.2, 0) is 30.3 Å². The second-order valence-corrected chi connectivity index (χ2v) is 13.9. The van der Waals surface area contributed by atoms with E-state index in [0.29, 0.717) is 18.8 Å². The van der Waals surface area contributed by atoms with E-state index < -0.39 is 26.9 Å². The Labute approximate surface area is 262 Å². The van der Waals surface area contributed by atoms with Gasteiger partial charge in [0.05, 0.1) is 15.9 Å². The van der Waals surface area contributed by atoms with Crippen molar-refractivity contribution < 1.29 is 42.1 Å². The van der Waals surface area contributed by atoms with E-state index >= 15 is 0 Å². The average molecular weight is 644 g/mol. The summed E-state index contributed by atoms with van der Waals surface area (Å²) in [7, 11) is -4.32. The smallest absolute Gasteiger partial charge is 0.335 e. The molecule has 4 rings (SSSR count). The van der Waals surface area contributed by atoms with Crippen molar-refractivity contribution in [3.8, 4) is 0 Å². The van der Waals surface area contributed by atoms with Crippen molar-refractivity contribution >= 4 is 45.2 Å². The van der Waals surface area contributed by atoms with Gasteiger partial charge in [-0.05, 0) is 69.2 Å². The van der Waals surface area contributed by atoms with Crippen molar-refractivity contribution in [3.63, 3.8) is 0 Å². The number of carboxylic acid groups (broad SMARTS) is 1. The molecule has 44 heavy (non-hydrogen) atoms. The first-order chi connectivity index (χ1) is 20.7. The maximum Gasteiger partial charge on any atom is 0.335 e. The van der Waals surface area contributed by atoms with Gasteiger partial charge in [-0.3, -0.25) is 4.55 Å². The summed E-state index contributed by atoms with van der Waals surface area (Å²) < 4.78 is 39.8. The largest absolute Gasteiger partial charge is 0.478 e. The molecule has 0 bridgehead atoms. The fourth-order valence-electron chi connectivity index (χ4n) is 6.05. The summed E-state index contributed by atoms with van der Waals surface area (Å²) in [5.41, 5.74) is 5.02. The van der Waals surface area contributed by atoms with Gasteiger partial charge in [0, 0.05) is 65.3 Å². The van der Waals surface area contributed by atoms with Crippen molar-refractivity contribution in [3.05, 3.63) is 89.2 Å². The highest BCUT2D eigenvalue weighted by molar-refractivity contribution is 7.94. The Bertz CT molecular complexity index is 1660. The van der Waals surface area contributed by atoms with Crippen molar-refractivity contribution in [1.82, 2.24) is 0 Å². The van der Waals surface area contributed by atoms with Gasteiger partial charge in [0.15, 0.2) is 5.71 Å². The lowest BCUT2D eigenvalue weighted by Crippen LogP contribution is -2.28. The van der Waals surface area contributed by atoms with Crippen LogP contribution in [0.2, 0.25) is 0 Å². The van der Waals surface area contributed by atoms with E-state index in [9.17, 15) is 22.9 Å². The summed E-state index contributed by atoms with van der Waals surface area (Å²) in [4.78, 5) is 13.7. The number of likely N-dealkylation sites (N-methyl/N-ethyl adjacent to an activating group) is 1. The fraction of sp³-hybridized carbons (Fsp3) is 0.375. The van der Waals surface area contributed by atoms with E-state index in [1.165, 1.54) is 6.07 Å². The number of allylic oxidation sites excluding steroid dienone is 6. The Morgan fingerprint density at radius 1 is 1.02 bits per heavy atom. The summed E-state index contributed by atoms with van der Waals surface area (Å²) in [6.45, 7) is 11.7. The first-order valence-corrected chi connectivity index (χ1v) is 16.7. The molecule has 12 heteroatoms. The summed E-state index contributed by atoms with van der Waals surface area (Å²) in [6, 6.07) is 9.96. The lowest BCUT2D eigenvalue weighted by molar-refractivity contribution is -0.438. The van der Waals surface area contributed by atoms with Crippen LogP contribution in [0.4, 0.5) is 11.4 Å². The van der Waals surface area contributed by atoms with Gasteiger partial charge in [-0.15, -0.1) is 4.33 Å². The Kier molecular flexibility index (Phi) is 10.2. The second kappa shape index (κ2) is 13.4. The normalized spacial score (nSPS) is 18.2. The number of hydrogen-bond donors (Lipinski definition) is 3. The maximum absolute atomic E-state index is 11.8. The van der Waals surface area contributed by atoms with Crippen LogP contribution < -0.4 is 4.90 Å². The standard InChI is InChI=1S/C32H38N2O8S2/c1-6-33-26-17-15-23(44(38,39)40)21-25(26)32(4,5)28(33)12-8-7-9-13-29-31(2,3)24-20-22(30(35)36)14-16-27(24)34(29)18-10-11-19-43-42-41-37/h7-9,12-17,20-21H,6,10-11,18-19H2,1-5H3,(H2-,35,36,37,38,39,40)/p+1. The first-order valence-electron chi connectivity index (χ1n) is 14.3. The highest BCUT2D eigenvalue weighted by Crippen LogP contribution is 2.48. The summed E-state index contributed by atoms with van der Waals surface area (Å²) in [5.74, 6) is -0.331. The highest BCUT2D eigenvalue weighted by atomic mass is 32.2. The first kappa shape index (κ1) is 33.6. The van der Waals surface area contributed by atoms with Crippen LogP contribution in [0.1, 0.15) is 68.9 Å². The molecule has 2 aromatic carbocycles. The van der Waals surface area contributed by atoms with E-state index in [4.69, 9.17) is 5.26 Å². The third-order valence-corrected chi connectivity index (χ3v) is 9.75. The zero-order chi connectivity index (χ0) is 32.3. The molecular weight excluding hydrogens is 604 g/mol. The molecule has 0 amide bonds. The molecular formula is C32H39N2O8S2+. The van der Waals surface area contributed by atoms with Crippen LogP contribution in [0, 0.1) is 0 Å². The van der Waals surface area contributed by atoms with E-state index in [1.54, 1.807) is 24.3 Å². The zero-order valence-electron chi connectivity index (χ0n) is 25.5. The number of carbonyl (C=O) groups is 1. The van der Waals surface area contributed by atoms with Gasteiger partial charge in [0.2, 0.25) is 5.69 Å². The molecule has 10 nitrogen and oxygen atoms in total. The fourth-order valence-corrected chi connectivity index (χ4v) is 6.99. The van der Waals surface area contributed by atoms with E-state index in [2.05, 4.69) is 38.8 Å². The molecule has 0 radical (unpaired) electrons. The number of rotatable bonds is 13. The van der Waals surface area contributed by atoms with Gasteiger partial charge in [0.1, 0.15) is 6.54 Å². The van der Waals surface area contributed by atoms with Crippen molar-refractivity contribution in [1.29, 1.82) is 0 Å². The Balaban J connectivity index is 1.62. The number of carboxylic acids is 1. The van der Waals surface area contributed by atoms with Crippen molar-refractivity contribution in [2.75, 3.05) is 23.7 Å². The predicted octanol–water partition coefficient (Wildman–Crippen LogP) is 6.67. The van der Waals surface area contributed by atoms with E-state index in [0.717, 1.165) is 58.8 Å². The molecule has 0 spiro atoms. The summed E-state index contributed by atoms with van der Waals surface area (Å²) in [5, 5.41) is 21.6. The summed E-state index contributed by atoms with van der Waals surface area (Å²) in [6.07, 6.45) is 11.6. The molecule has 0 aromatic heterocycles. The van der Waals surface area contributed by atoms with Crippen LogP contribution in [0.25, 0.3) is 0 Å². The third kappa shape index (κ3) is 6.70. The van der Waals surface area contributed by atoms with Crippen LogP contribution in [0.3, 0.4) is 0 Å². The molecule has 0 aliphatic carbocycles. The Morgan fingerprint density at radius 2 is 1.77 bits per heavy atom. The molecule has 0 atom stereocenters. The number of hydrogen-bond acceptors (Lipinski definition) is 8. The van der Waals surface area contributed by atoms with Gasteiger partial charge in [-0.2, -0.15) is 13.0 Å². The molecule has 2 heterocycles. The summed E-state index contributed by atoms with van der Waals surface area (Å²) >= 11 is 1.02. The van der Waals surface area contributed by atoms with Crippen LogP contribution in [0.5, 0.6) is 0 Å². The van der Waals surface area contributed by atoms with Gasteiger partial charge in [-0.25, -0.2) is 10.1 Å². The molecule has 0 unspecified atom stereocenters. The van der Waals surface area contributed by atoms with Crippen molar-refractivity contribution in [2.24, 2.45) is 0 Å². The van der Waals surface area contributed by atoms with Crippen LogP contribution in [0.15, 0.2) is 77.4 Å². The van der Waals surface area contributed by atoms with Crippen LogP contribution >= 0.6 is 12.0 Å². The van der Waals surface area contributed by atoms with Crippen LogP contribution in [-0.4, -0.2) is 58.4 Å². The Hall–Kier alpha value is -3.26. The predicted molar refractivity (Wildman–Crippen MR) is 171 cm³/mol. The molecule has 3 N–H and O–H groups in total. The minimum Gasteiger partial charge on any atom is -0.478 e. The van der Waals surface area contributed by atoms with Gasteiger partial charge >= 0.3 is 5.97 Å². The SMILES string of the molecule is CCN1/C(=C/C=C/C=C/C2=[N+](CCCCSOOO)c3ccc(C(=O)O)cc3C2(C)C)C(C)(C)c2cc(S(=O)(=O)O)ccc21. The lowest BCUT2D eigenvalue weighted by atomic mass is 9.81. The number of unbranched alkanes of at least 4 members (excludes halogenated alkanes) is 1. The van der Waals surface area contributed by atoms with E-state index in [1.807, 2.05) is 51.1 Å². The second-order valence-electron chi connectivity index (χ2n) is 11.7. The van der Waals surface area contributed by atoms with Gasteiger partial charge in [-0.1, -0.05) is 37.1 Å². The molecule has 2 aromatic rings. The molecule has 2 aliphatic rings. The molecule has 0 saturated carbocycles. The number of anilines is 1. The number of fused-ring (bicyclic) bond motifs is 2. The minimum atomic E-state index is -4.32. The maximum atomic E-state index is 11.8. The minimum absolute atomic E-state index is 0.122. The number of aromatic carboxylic acids is 1. The van der Waals surface area contributed by atoms with Gasteiger partial charge in [0.25, 0.3) is 10.1 Å². The number of benzene rings is 2. The van der Waals surface area contributed by atoms with E-state index in [-0.39, 0.29) is 10.5 Å².